The van der Waals surface area contributed by atoms with Crippen molar-refractivity contribution >= 4 is 27.4 Å². The summed E-state index contributed by atoms with van der Waals surface area (Å²) in [6, 6.07) is 2.15. The van der Waals surface area contributed by atoms with Gasteiger partial charge >= 0.3 is 0 Å². The summed E-state index contributed by atoms with van der Waals surface area (Å²) in [5, 5.41) is 4.33. The fourth-order valence-electron chi connectivity index (χ4n) is 3.42. The van der Waals surface area contributed by atoms with Crippen LogP contribution >= 0.6 is 11.3 Å². The van der Waals surface area contributed by atoms with E-state index in [1.54, 1.807) is 18.4 Å². The highest BCUT2D eigenvalue weighted by Gasteiger charge is 2.40. The van der Waals surface area contributed by atoms with Gasteiger partial charge in [0.1, 0.15) is 16.2 Å². The number of aryl methyl sites for hydroxylation is 1. The van der Waals surface area contributed by atoms with Crippen LogP contribution in [-0.4, -0.2) is 24.1 Å². The number of ether oxygens (including phenoxy) is 1. The van der Waals surface area contributed by atoms with Crippen molar-refractivity contribution in [3.63, 3.8) is 0 Å². The van der Waals surface area contributed by atoms with Gasteiger partial charge in [-0.15, -0.1) is 11.3 Å². The molecule has 1 fully saturated rings. The first-order valence-corrected chi connectivity index (χ1v) is 8.41. The molecule has 1 aliphatic rings. The van der Waals surface area contributed by atoms with Crippen molar-refractivity contribution in [3.05, 3.63) is 16.8 Å². The Balaban J connectivity index is 2.13. The van der Waals surface area contributed by atoms with E-state index < -0.39 is 0 Å². The van der Waals surface area contributed by atoms with Crippen molar-refractivity contribution in [1.82, 2.24) is 9.97 Å². The minimum atomic E-state index is -0.324. The van der Waals surface area contributed by atoms with Gasteiger partial charge in [-0.2, -0.15) is 0 Å². The maximum Gasteiger partial charge on any atom is 0.164 e. The molecule has 21 heavy (non-hydrogen) atoms. The molecule has 0 spiro atoms. The maximum atomic E-state index is 5.94. The fraction of sp³-hybridized carbons (Fsp3) is 0.625. The summed E-state index contributed by atoms with van der Waals surface area (Å²) in [6.45, 7) is 4.40. The topological polar surface area (TPSA) is 47.0 Å². The molecule has 0 aliphatic heterocycles. The van der Waals surface area contributed by atoms with E-state index in [0.29, 0.717) is 5.92 Å². The molecule has 0 radical (unpaired) electrons. The first-order valence-electron chi connectivity index (χ1n) is 7.59. The quantitative estimate of drug-likeness (QED) is 0.927. The van der Waals surface area contributed by atoms with Crippen LogP contribution in [-0.2, 0) is 10.3 Å². The van der Waals surface area contributed by atoms with Crippen molar-refractivity contribution in [2.24, 2.45) is 5.92 Å². The Hall–Kier alpha value is -1.20. The molecule has 1 aliphatic carbocycles. The average Bonchev–Trinajstić information content (AvgIpc) is 2.86. The molecule has 2 aromatic rings. The van der Waals surface area contributed by atoms with E-state index in [1.807, 2.05) is 7.05 Å². The van der Waals surface area contributed by atoms with Gasteiger partial charge in [0.05, 0.1) is 5.39 Å². The number of rotatable bonds is 3. The van der Waals surface area contributed by atoms with E-state index in [2.05, 4.69) is 25.2 Å². The van der Waals surface area contributed by atoms with Gasteiger partial charge in [0.25, 0.3) is 0 Å². The van der Waals surface area contributed by atoms with Crippen LogP contribution in [0.3, 0.4) is 0 Å². The molecule has 2 unspecified atom stereocenters. The van der Waals surface area contributed by atoms with Crippen LogP contribution in [0.25, 0.3) is 10.2 Å². The number of fused-ring (bicyclic) bond motifs is 1. The fourth-order valence-corrected chi connectivity index (χ4v) is 4.30. The van der Waals surface area contributed by atoms with Gasteiger partial charge < -0.3 is 10.1 Å². The third-order valence-electron chi connectivity index (χ3n) is 4.51. The SMILES string of the molecule is CNc1nc(C2(OC)CCCC(C)C2)nc2sc(C)cc12. The van der Waals surface area contributed by atoms with Gasteiger partial charge in [0.15, 0.2) is 5.82 Å². The van der Waals surface area contributed by atoms with E-state index in [4.69, 9.17) is 14.7 Å². The van der Waals surface area contributed by atoms with Crippen molar-refractivity contribution in [1.29, 1.82) is 0 Å². The maximum absolute atomic E-state index is 5.94. The smallest absolute Gasteiger partial charge is 0.164 e. The predicted octanol–water partition coefficient (Wildman–Crippen LogP) is 4.09. The van der Waals surface area contributed by atoms with Crippen LogP contribution in [0, 0.1) is 12.8 Å². The summed E-state index contributed by atoms with van der Waals surface area (Å²) in [7, 11) is 3.71. The molecule has 2 atom stereocenters. The second-order valence-corrected chi connectivity index (χ2v) is 7.36. The summed E-state index contributed by atoms with van der Waals surface area (Å²) in [6.07, 6.45) is 4.45. The molecule has 4 nitrogen and oxygen atoms in total. The van der Waals surface area contributed by atoms with E-state index in [9.17, 15) is 0 Å². The zero-order chi connectivity index (χ0) is 15.0. The Morgan fingerprint density at radius 2 is 2.24 bits per heavy atom. The monoisotopic (exact) mass is 305 g/mol. The summed E-state index contributed by atoms with van der Waals surface area (Å²) in [5.41, 5.74) is -0.324. The number of nitrogens with one attached hydrogen (secondary N) is 1. The largest absolute Gasteiger partial charge is 0.372 e. The van der Waals surface area contributed by atoms with Gasteiger partial charge in [0.2, 0.25) is 0 Å². The second-order valence-electron chi connectivity index (χ2n) is 6.12. The van der Waals surface area contributed by atoms with Crippen LogP contribution in [0.1, 0.15) is 43.3 Å². The molecule has 0 amide bonds. The van der Waals surface area contributed by atoms with E-state index >= 15 is 0 Å². The van der Waals surface area contributed by atoms with E-state index in [-0.39, 0.29) is 5.60 Å². The zero-order valence-corrected chi connectivity index (χ0v) is 14.0. The first kappa shape index (κ1) is 14.7. The van der Waals surface area contributed by atoms with Crippen LogP contribution in [0.15, 0.2) is 6.07 Å². The molecule has 114 valence electrons. The summed E-state index contributed by atoms with van der Waals surface area (Å²) in [5.74, 6) is 2.41. The second kappa shape index (κ2) is 5.54. The van der Waals surface area contributed by atoms with Gasteiger partial charge in [-0.1, -0.05) is 13.3 Å². The van der Waals surface area contributed by atoms with Crippen molar-refractivity contribution < 1.29 is 4.74 Å². The van der Waals surface area contributed by atoms with Gasteiger partial charge in [-0.05, 0) is 38.2 Å². The van der Waals surface area contributed by atoms with E-state index in [1.165, 1.54) is 17.7 Å². The summed E-state index contributed by atoms with van der Waals surface area (Å²) in [4.78, 5) is 12.0. The number of methoxy groups -OCH3 is 1. The summed E-state index contributed by atoms with van der Waals surface area (Å²) >= 11 is 1.72. The minimum Gasteiger partial charge on any atom is -0.372 e. The molecule has 0 aromatic carbocycles. The van der Waals surface area contributed by atoms with Crippen LogP contribution < -0.4 is 5.32 Å². The molecule has 2 aromatic heterocycles. The lowest BCUT2D eigenvalue weighted by molar-refractivity contribution is -0.0642. The molecule has 0 saturated heterocycles. The van der Waals surface area contributed by atoms with Crippen LogP contribution in [0.2, 0.25) is 0 Å². The number of anilines is 1. The highest BCUT2D eigenvalue weighted by atomic mass is 32.1. The minimum absolute atomic E-state index is 0.324. The lowest BCUT2D eigenvalue weighted by Crippen LogP contribution is -2.36. The molecule has 3 rings (SSSR count). The Kier molecular flexibility index (Phi) is 3.88. The normalized spacial score (nSPS) is 26.2. The molecule has 0 bridgehead atoms. The Morgan fingerprint density at radius 3 is 2.90 bits per heavy atom. The van der Waals surface area contributed by atoms with Gasteiger partial charge in [-0.25, -0.2) is 9.97 Å². The first-order chi connectivity index (χ1) is 10.1. The molecule has 2 heterocycles. The average molecular weight is 305 g/mol. The Morgan fingerprint density at radius 1 is 1.43 bits per heavy atom. The van der Waals surface area contributed by atoms with E-state index in [0.717, 1.165) is 34.7 Å². The van der Waals surface area contributed by atoms with Crippen molar-refractivity contribution in [3.8, 4) is 0 Å². The number of aromatic nitrogens is 2. The molecule has 1 saturated carbocycles. The third-order valence-corrected chi connectivity index (χ3v) is 5.45. The molecular formula is C16H23N3OS. The molecule has 5 heteroatoms. The molecular weight excluding hydrogens is 282 g/mol. The van der Waals surface area contributed by atoms with Crippen molar-refractivity contribution in [2.75, 3.05) is 19.5 Å². The summed E-state index contributed by atoms with van der Waals surface area (Å²) < 4.78 is 5.94. The van der Waals surface area contributed by atoms with Crippen molar-refractivity contribution in [2.45, 2.75) is 45.1 Å². The Labute approximate surface area is 129 Å². The van der Waals surface area contributed by atoms with Gasteiger partial charge in [-0.3, -0.25) is 0 Å². The number of hydrogen-bond donors (Lipinski definition) is 1. The lowest BCUT2D eigenvalue weighted by Gasteiger charge is -2.37. The predicted molar refractivity (Wildman–Crippen MR) is 88.0 cm³/mol. The standard InChI is InChI=1S/C16H23N3OS/c1-10-6-5-7-16(9-10,20-4)15-18-13(17-3)12-8-11(2)21-14(12)19-15/h8,10H,5-7,9H2,1-4H3,(H,17,18,19). The lowest BCUT2D eigenvalue weighted by atomic mass is 9.78. The number of nitrogens with zero attached hydrogens (tertiary/aromatic N) is 2. The Bertz CT molecular complexity index is 654. The van der Waals surface area contributed by atoms with Crippen LogP contribution in [0.5, 0.6) is 0 Å². The zero-order valence-electron chi connectivity index (χ0n) is 13.2. The highest BCUT2D eigenvalue weighted by Crippen LogP contribution is 2.42. The van der Waals surface area contributed by atoms with Gasteiger partial charge in [0, 0.05) is 19.0 Å². The third kappa shape index (κ3) is 2.53. The number of thiophene rings is 1. The van der Waals surface area contributed by atoms with Crippen LogP contribution in [0.4, 0.5) is 5.82 Å². The highest BCUT2D eigenvalue weighted by molar-refractivity contribution is 7.18. The number of hydrogen-bond acceptors (Lipinski definition) is 5. The molecule has 1 N–H and O–H groups in total.